The zero-order chi connectivity index (χ0) is 51.4. The number of aliphatic hydroxyl groups is 2. The van der Waals surface area contributed by atoms with Crippen molar-refractivity contribution in [1.82, 2.24) is 5.32 Å². The number of rotatable bonds is 62. The van der Waals surface area contributed by atoms with E-state index in [0.29, 0.717) is 25.9 Å². The highest BCUT2D eigenvalue weighted by molar-refractivity contribution is 5.76. The van der Waals surface area contributed by atoms with Crippen LogP contribution in [-0.2, 0) is 14.3 Å². The van der Waals surface area contributed by atoms with E-state index < -0.39 is 12.1 Å². The topological polar surface area (TPSA) is 95.9 Å². The number of amides is 1. The second-order valence-corrected chi connectivity index (χ2v) is 22.8. The Bertz CT molecular complexity index is 1020. The minimum atomic E-state index is -0.665. The van der Waals surface area contributed by atoms with Crippen molar-refractivity contribution in [3.05, 3.63) is 0 Å². The van der Waals surface area contributed by atoms with Crippen molar-refractivity contribution in [1.29, 1.82) is 0 Å². The monoisotopic (exact) mass is 1000 g/mol. The van der Waals surface area contributed by atoms with Gasteiger partial charge in [0, 0.05) is 12.8 Å². The van der Waals surface area contributed by atoms with Crippen LogP contribution in [0.3, 0.4) is 0 Å². The van der Waals surface area contributed by atoms with Gasteiger partial charge < -0.3 is 20.3 Å². The molecule has 0 aliphatic carbocycles. The maximum Gasteiger partial charge on any atom is 0.305 e. The molecular weight excluding hydrogens is 875 g/mol. The van der Waals surface area contributed by atoms with E-state index >= 15 is 0 Å². The van der Waals surface area contributed by atoms with Crippen LogP contribution in [0.1, 0.15) is 380 Å². The van der Waals surface area contributed by atoms with Crippen LogP contribution >= 0.6 is 0 Å². The summed E-state index contributed by atoms with van der Waals surface area (Å²) < 4.78 is 5.47. The summed E-state index contributed by atoms with van der Waals surface area (Å²) in [4.78, 5) is 24.5. The van der Waals surface area contributed by atoms with E-state index in [2.05, 4.69) is 19.2 Å². The van der Waals surface area contributed by atoms with Crippen molar-refractivity contribution in [2.24, 2.45) is 0 Å². The highest BCUT2D eigenvalue weighted by Gasteiger charge is 2.20. The fourth-order valence-electron chi connectivity index (χ4n) is 10.6. The van der Waals surface area contributed by atoms with Gasteiger partial charge in [0.2, 0.25) is 5.91 Å². The van der Waals surface area contributed by atoms with Gasteiger partial charge in [0.05, 0.1) is 25.4 Å². The number of carbonyl (C=O) groups is 2. The summed E-state index contributed by atoms with van der Waals surface area (Å²) in [5.74, 6) is -0.0199. The molecule has 0 aromatic carbocycles. The average molecular weight is 1000 g/mol. The molecular formula is C65H129NO5. The maximum atomic E-state index is 12.5. The second kappa shape index (κ2) is 61.4. The summed E-state index contributed by atoms with van der Waals surface area (Å²) in [6.45, 7) is 4.99. The molecule has 6 heteroatoms. The molecule has 1 amide bonds. The van der Waals surface area contributed by atoms with Crippen LogP contribution in [0, 0.1) is 0 Å². The largest absolute Gasteiger partial charge is 0.466 e. The zero-order valence-electron chi connectivity index (χ0n) is 48.5. The van der Waals surface area contributed by atoms with Gasteiger partial charge in [-0.05, 0) is 25.7 Å². The lowest BCUT2D eigenvalue weighted by Gasteiger charge is -2.22. The van der Waals surface area contributed by atoms with E-state index in [-0.39, 0.29) is 18.5 Å². The Kier molecular flexibility index (Phi) is 60.4. The first-order chi connectivity index (χ1) is 35.0. The van der Waals surface area contributed by atoms with Crippen LogP contribution in [0.5, 0.6) is 0 Å². The normalized spacial score (nSPS) is 12.5. The molecule has 6 nitrogen and oxygen atoms in total. The van der Waals surface area contributed by atoms with E-state index in [1.807, 2.05) is 0 Å². The first-order valence-electron chi connectivity index (χ1n) is 32.8. The van der Waals surface area contributed by atoms with Crippen molar-refractivity contribution in [3.63, 3.8) is 0 Å². The van der Waals surface area contributed by atoms with Gasteiger partial charge in [0.15, 0.2) is 0 Å². The Morgan fingerprint density at radius 2 is 0.577 bits per heavy atom. The Morgan fingerprint density at radius 3 is 0.859 bits per heavy atom. The second-order valence-electron chi connectivity index (χ2n) is 22.8. The van der Waals surface area contributed by atoms with Crippen molar-refractivity contribution in [2.45, 2.75) is 392 Å². The molecule has 424 valence electrons. The molecule has 0 aromatic heterocycles. The van der Waals surface area contributed by atoms with Gasteiger partial charge in [-0.25, -0.2) is 0 Å². The number of nitrogens with one attached hydrogen (secondary N) is 1. The molecule has 0 aliphatic heterocycles. The first-order valence-corrected chi connectivity index (χ1v) is 32.8. The van der Waals surface area contributed by atoms with Crippen LogP contribution < -0.4 is 5.32 Å². The SMILES string of the molecule is CCCCCCCCCCCCCCCCCCCCCCCCCC(O)C(CO)NC(=O)CCCCCCCCCCCCCCCCCCCCCCOC(=O)CCCCCCCCCCCCC. The average Bonchev–Trinajstić information content (AvgIpc) is 3.37. The van der Waals surface area contributed by atoms with Gasteiger partial charge in [-0.15, -0.1) is 0 Å². The number of ether oxygens (including phenoxy) is 1. The number of hydrogen-bond donors (Lipinski definition) is 3. The molecule has 0 aliphatic rings. The molecule has 0 rings (SSSR count). The first kappa shape index (κ1) is 69.9. The number of unbranched alkanes of at least 4 members (excludes halogenated alkanes) is 51. The quantitative estimate of drug-likeness (QED) is 0.0417. The van der Waals surface area contributed by atoms with E-state index in [1.165, 1.54) is 308 Å². The third kappa shape index (κ3) is 58.0. The Balaban J connectivity index is 3.39. The number of aliphatic hydroxyl groups excluding tert-OH is 2. The van der Waals surface area contributed by atoms with E-state index in [1.54, 1.807) is 0 Å². The minimum Gasteiger partial charge on any atom is -0.466 e. The third-order valence-corrected chi connectivity index (χ3v) is 15.7. The molecule has 2 unspecified atom stereocenters. The molecule has 0 spiro atoms. The smallest absolute Gasteiger partial charge is 0.305 e. The Morgan fingerprint density at radius 1 is 0.338 bits per heavy atom. The van der Waals surface area contributed by atoms with Crippen LogP contribution in [-0.4, -0.2) is 47.4 Å². The number of carbonyl (C=O) groups excluding carboxylic acids is 2. The summed E-state index contributed by atoms with van der Waals surface area (Å²) >= 11 is 0. The zero-order valence-corrected chi connectivity index (χ0v) is 48.5. The molecule has 0 heterocycles. The Hall–Kier alpha value is -1.14. The molecule has 0 aromatic rings. The van der Waals surface area contributed by atoms with E-state index in [0.717, 1.165) is 38.5 Å². The highest BCUT2D eigenvalue weighted by Crippen LogP contribution is 2.19. The fourth-order valence-corrected chi connectivity index (χ4v) is 10.6. The van der Waals surface area contributed by atoms with Crippen molar-refractivity contribution >= 4 is 11.9 Å². The maximum absolute atomic E-state index is 12.5. The lowest BCUT2D eigenvalue weighted by Crippen LogP contribution is -2.45. The van der Waals surface area contributed by atoms with E-state index in [9.17, 15) is 19.8 Å². The van der Waals surface area contributed by atoms with Gasteiger partial charge in [-0.1, -0.05) is 341 Å². The van der Waals surface area contributed by atoms with Crippen LogP contribution in [0.25, 0.3) is 0 Å². The van der Waals surface area contributed by atoms with Crippen molar-refractivity contribution < 1.29 is 24.5 Å². The lowest BCUT2D eigenvalue weighted by atomic mass is 10.0. The number of esters is 1. The molecule has 3 N–H and O–H groups in total. The van der Waals surface area contributed by atoms with Gasteiger partial charge >= 0.3 is 5.97 Å². The third-order valence-electron chi connectivity index (χ3n) is 15.7. The van der Waals surface area contributed by atoms with Gasteiger partial charge in [0.1, 0.15) is 0 Å². The molecule has 0 saturated carbocycles. The predicted molar refractivity (Wildman–Crippen MR) is 310 cm³/mol. The van der Waals surface area contributed by atoms with Gasteiger partial charge in [0.25, 0.3) is 0 Å². The van der Waals surface area contributed by atoms with Gasteiger partial charge in [-0.2, -0.15) is 0 Å². The van der Waals surface area contributed by atoms with E-state index in [4.69, 9.17) is 4.74 Å². The molecule has 0 radical (unpaired) electrons. The van der Waals surface area contributed by atoms with Crippen molar-refractivity contribution in [3.8, 4) is 0 Å². The lowest BCUT2D eigenvalue weighted by molar-refractivity contribution is -0.143. The predicted octanol–water partition coefficient (Wildman–Crippen LogP) is 20.6. The summed E-state index contributed by atoms with van der Waals surface area (Å²) in [6.07, 6.45) is 72.7. The van der Waals surface area contributed by atoms with Crippen LogP contribution in [0.2, 0.25) is 0 Å². The van der Waals surface area contributed by atoms with Crippen LogP contribution in [0.15, 0.2) is 0 Å². The van der Waals surface area contributed by atoms with Crippen LogP contribution in [0.4, 0.5) is 0 Å². The Labute approximate surface area is 445 Å². The van der Waals surface area contributed by atoms with Gasteiger partial charge in [-0.3, -0.25) is 9.59 Å². The summed E-state index contributed by atoms with van der Waals surface area (Å²) in [6, 6.07) is -0.543. The molecule has 0 bridgehead atoms. The fraction of sp³-hybridized carbons (Fsp3) is 0.969. The summed E-state index contributed by atoms with van der Waals surface area (Å²) in [5, 5.41) is 23.4. The molecule has 0 fully saturated rings. The molecule has 2 atom stereocenters. The summed E-state index contributed by atoms with van der Waals surface area (Å²) in [7, 11) is 0. The van der Waals surface area contributed by atoms with Crippen molar-refractivity contribution in [2.75, 3.05) is 13.2 Å². The highest BCUT2D eigenvalue weighted by atomic mass is 16.5. The molecule has 71 heavy (non-hydrogen) atoms. The molecule has 0 saturated heterocycles. The standard InChI is InChI=1S/C65H129NO5/c1-3-5-7-9-11-13-15-16-17-18-19-20-21-22-25-28-31-34-38-41-45-49-53-57-63(68)62(61-67)66-64(69)58-54-50-46-42-39-35-32-29-26-23-24-27-30-33-36-40-44-48-52-56-60-71-65(70)59-55-51-47-43-37-14-12-10-8-6-4-2/h62-63,67-68H,3-61H2,1-2H3,(H,66,69). The summed E-state index contributed by atoms with van der Waals surface area (Å²) in [5.41, 5.74) is 0. The number of hydrogen-bond acceptors (Lipinski definition) is 5. The minimum absolute atomic E-state index is 0.0117.